The number of carbonyl (C=O) groups is 2. The van der Waals surface area contributed by atoms with Crippen LogP contribution in [0.15, 0.2) is 60.4 Å². The molecule has 180 valence electrons. The van der Waals surface area contributed by atoms with Gasteiger partial charge in [0.2, 0.25) is 5.78 Å². The first-order chi connectivity index (χ1) is 16.6. The first-order valence-electron chi connectivity index (χ1n) is 11.2. The van der Waals surface area contributed by atoms with Crippen LogP contribution in [0.25, 0.3) is 6.08 Å². The van der Waals surface area contributed by atoms with Gasteiger partial charge < -0.3 is 18.9 Å². The quantitative estimate of drug-likeness (QED) is 0.252. The number of ether oxygens (including phenoxy) is 4. The zero-order valence-corrected chi connectivity index (χ0v) is 20.7. The van der Waals surface area contributed by atoms with Crippen molar-refractivity contribution >= 4 is 17.8 Å². The molecule has 1 aliphatic rings. The Hall–Kier alpha value is -4.06. The molecule has 0 aliphatic carbocycles. The summed E-state index contributed by atoms with van der Waals surface area (Å²) < 4.78 is 22.1. The zero-order chi connectivity index (χ0) is 25.3. The van der Waals surface area contributed by atoms with E-state index in [2.05, 4.69) is 20.8 Å². The van der Waals surface area contributed by atoms with Gasteiger partial charge in [0, 0.05) is 17.7 Å². The molecule has 35 heavy (non-hydrogen) atoms. The predicted octanol–water partition coefficient (Wildman–Crippen LogP) is 6.15. The summed E-state index contributed by atoms with van der Waals surface area (Å²) in [6.07, 6.45) is 1.63. The minimum Gasteiger partial charge on any atom is -0.497 e. The van der Waals surface area contributed by atoms with Crippen molar-refractivity contribution in [2.45, 2.75) is 33.1 Å². The van der Waals surface area contributed by atoms with Crippen molar-refractivity contribution in [1.82, 2.24) is 0 Å². The van der Waals surface area contributed by atoms with E-state index >= 15 is 0 Å². The SMILES string of the molecule is COc1ccc(/C=C2\Oc3cc(OC(=O)c4ccc(C(C)(C)C)cc4)cc(C)c3C2=O)c(OC)c1. The Morgan fingerprint density at radius 1 is 0.914 bits per heavy atom. The van der Waals surface area contributed by atoms with E-state index in [1.807, 2.05) is 12.1 Å². The molecular weight excluding hydrogens is 444 g/mol. The molecule has 3 aromatic rings. The zero-order valence-electron chi connectivity index (χ0n) is 20.7. The molecule has 0 fully saturated rings. The monoisotopic (exact) mass is 472 g/mol. The molecular formula is C29H28O6. The Bertz CT molecular complexity index is 1330. The molecule has 0 bridgehead atoms. The summed E-state index contributed by atoms with van der Waals surface area (Å²) >= 11 is 0. The molecule has 0 radical (unpaired) electrons. The Balaban J connectivity index is 1.57. The molecule has 6 nitrogen and oxygen atoms in total. The summed E-state index contributed by atoms with van der Waals surface area (Å²) in [4.78, 5) is 25.8. The molecule has 0 N–H and O–H groups in total. The van der Waals surface area contributed by atoms with E-state index in [0.717, 1.165) is 5.56 Å². The van der Waals surface area contributed by atoms with Crippen LogP contribution < -0.4 is 18.9 Å². The van der Waals surface area contributed by atoms with Crippen LogP contribution in [0.3, 0.4) is 0 Å². The summed E-state index contributed by atoms with van der Waals surface area (Å²) in [5.41, 5.74) is 3.33. The van der Waals surface area contributed by atoms with Crippen LogP contribution in [0.4, 0.5) is 0 Å². The Labute approximate surface area is 205 Å². The summed E-state index contributed by atoms with van der Waals surface area (Å²) in [5, 5.41) is 0. The van der Waals surface area contributed by atoms with E-state index in [1.165, 1.54) is 0 Å². The lowest BCUT2D eigenvalue weighted by Crippen LogP contribution is -2.13. The smallest absolute Gasteiger partial charge is 0.343 e. The highest BCUT2D eigenvalue weighted by molar-refractivity contribution is 6.15. The highest BCUT2D eigenvalue weighted by atomic mass is 16.5. The number of benzene rings is 3. The second-order valence-electron chi connectivity index (χ2n) is 9.38. The normalized spacial score (nSPS) is 13.9. The van der Waals surface area contributed by atoms with Crippen LogP contribution in [-0.4, -0.2) is 26.0 Å². The molecule has 0 atom stereocenters. The summed E-state index contributed by atoms with van der Waals surface area (Å²) in [5.74, 6) is 1.28. The minimum atomic E-state index is -0.479. The Kier molecular flexibility index (Phi) is 6.39. The Morgan fingerprint density at radius 3 is 2.26 bits per heavy atom. The van der Waals surface area contributed by atoms with Crippen molar-refractivity contribution in [3.8, 4) is 23.0 Å². The lowest BCUT2D eigenvalue weighted by Gasteiger charge is -2.18. The van der Waals surface area contributed by atoms with E-state index in [4.69, 9.17) is 18.9 Å². The molecule has 0 aromatic heterocycles. The average Bonchev–Trinajstić information content (AvgIpc) is 3.14. The molecule has 0 unspecified atom stereocenters. The fraction of sp³-hybridized carbons (Fsp3) is 0.241. The molecule has 6 heteroatoms. The van der Waals surface area contributed by atoms with E-state index < -0.39 is 5.97 Å². The third-order valence-corrected chi connectivity index (χ3v) is 5.87. The molecule has 1 aliphatic heterocycles. The largest absolute Gasteiger partial charge is 0.497 e. The second kappa shape index (κ2) is 9.29. The molecule has 0 amide bonds. The van der Waals surface area contributed by atoms with Gasteiger partial charge in [-0.15, -0.1) is 0 Å². The second-order valence-corrected chi connectivity index (χ2v) is 9.38. The van der Waals surface area contributed by atoms with Gasteiger partial charge in [-0.05, 0) is 59.9 Å². The molecule has 4 rings (SSSR count). The number of ketones is 1. The lowest BCUT2D eigenvalue weighted by atomic mass is 9.87. The van der Waals surface area contributed by atoms with Gasteiger partial charge >= 0.3 is 5.97 Å². The first-order valence-corrected chi connectivity index (χ1v) is 11.2. The highest BCUT2D eigenvalue weighted by Crippen LogP contribution is 2.38. The summed E-state index contributed by atoms with van der Waals surface area (Å²) in [6.45, 7) is 8.12. The van der Waals surface area contributed by atoms with Crippen LogP contribution in [0.5, 0.6) is 23.0 Å². The molecule has 0 saturated heterocycles. The number of hydrogen-bond acceptors (Lipinski definition) is 6. The Morgan fingerprint density at radius 2 is 1.63 bits per heavy atom. The number of allylic oxidation sites excluding steroid dienone is 1. The van der Waals surface area contributed by atoms with Gasteiger partial charge in [-0.3, -0.25) is 4.79 Å². The van der Waals surface area contributed by atoms with Gasteiger partial charge in [-0.25, -0.2) is 4.79 Å². The van der Waals surface area contributed by atoms with Crippen molar-refractivity contribution < 1.29 is 28.5 Å². The van der Waals surface area contributed by atoms with Crippen molar-refractivity contribution in [3.63, 3.8) is 0 Å². The maximum absolute atomic E-state index is 13.0. The van der Waals surface area contributed by atoms with Crippen LogP contribution in [-0.2, 0) is 5.41 Å². The van der Waals surface area contributed by atoms with Gasteiger partial charge in [0.1, 0.15) is 23.0 Å². The third-order valence-electron chi connectivity index (χ3n) is 5.87. The average molecular weight is 473 g/mol. The topological polar surface area (TPSA) is 71.1 Å². The van der Waals surface area contributed by atoms with E-state index in [1.54, 1.807) is 69.7 Å². The fourth-order valence-electron chi connectivity index (χ4n) is 3.89. The van der Waals surface area contributed by atoms with Gasteiger partial charge in [0.25, 0.3) is 0 Å². The number of hydrogen-bond donors (Lipinski definition) is 0. The molecule has 0 saturated carbocycles. The third kappa shape index (κ3) is 4.92. The number of rotatable bonds is 5. The number of esters is 1. The van der Waals surface area contributed by atoms with Gasteiger partial charge in [0.05, 0.1) is 25.3 Å². The summed E-state index contributed by atoms with van der Waals surface area (Å²) in [6, 6.07) is 15.9. The standard InChI is InChI=1S/C29H28O6/c1-17-13-22(34-28(31)18-7-10-20(11-8-18)29(2,3)4)16-24-26(17)27(30)25(35-24)14-19-9-12-21(32-5)15-23(19)33-6/h7-16H,1-6H3/b25-14-. The van der Waals surface area contributed by atoms with Crippen LogP contribution in [0, 0.1) is 6.92 Å². The van der Waals surface area contributed by atoms with Crippen molar-refractivity contribution in [2.75, 3.05) is 14.2 Å². The minimum absolute atomic E-state index is 0.00946. The van der Waals surface area contributed by atoms with E-state index in [9.17, 15) is 9.59 Å². The first kappa shape index (κ1) is 24.1. The maximum atomic E-state index is 13.0. The van der Waals surface area contributed by atoms with E-state index in [-0.39, 0.29) is 17.0 Å². The number of carbonyl (C=O) groups excluding carboxylic acids is 2. The van der Waals surface area contributed by atoms with Crippen molar-refractivity contribution in [2.24, 2.45) is 0 Å². The number of aryl methyl sites for hydroxylation is 1. The lowest BCUT2D eigenvalue weighted by molar-refractivity contribution is 0.0734. The van der Waals surface area contributed by atoms with Crippen molar-refractivity contribution in [3.05, 3.63) is 88.2 Å². The van der Waals surface area contributed by atoms with Gasteiger partial charge in [-0.1, -0.05) is 32.9 Å². The fourth-order valence-corrected chi connectivity index (χ4v) is 3.89. The predicted molar refractivity (Wildman–Crippen MR) is 134 cm³/mol. The number of fused-ring (bicyclic) bond motifs is 1. The highest BCUT2D eigenvalue weighted by Gasteiger charge is 2.30. The van der Waals surface area contributed by atoms with Crippen LogP contribution in [0.2, 0.25) is 0 Å². The van der Waals surface area contributed by atoms with Crippen LogP contribution in [0.1, 0.15) is 58.2 Å². The number of Topliss-reactive ketones (excluding diaryl/α,β-unsaturated/α-hetero) is 1. The maximum Gasteiger partial charge on any atom is 0.343 e. The number of methoxy groups -OCH3 is 2. The summed E-state index contributed by atoms with van der Waals surface area (Å²) in [7, 11) is 3.12. The van der Waals surface area contributed by atoms with Gasteiger partial charge in [0.15, 0.2) is 5.76 Å². The van der Waals surface area contributed by atoms with Crippen LogP contribution >= 0.6 is 0 Å². The molecule has 1 heterocycles. The van der Waals surface area contributed by atoms with E-state index in [0.29, 0.717) is 45.3 Å². The molecule has 0 spiro atoms. The van der Waals surface area contributed by atoms with Crippen molar-refractivity contribution in [1.29, 1.82) is 0 Å². The van der Waals surface area contributed by atoms with Gasteiger partial charge in [-0.2, -0.15) is 0 Å². The molecule has 3 aromatic carbocycles.